The van der Waals surface area contributed by atoms with Gasteiger partial charge in [-0.05, 0) is 44.2 Å². The zero-order chi connectivity index (χ0) is 14.7. The van der Waals surface area contributed by atoms with Gasteiger partial charge in [-0.3, -0.25) is 4.90 Å². The van der Waals surface area contributed by atoms with Crippen molar-refractivity contribution in [3.63, 3.8) is 0 Å². The van der Waals surface area contributed by atoms with E-state index in [-0.39, 0.29) is 0 Å². The third-order valence-corrected chi connectivity index (χ3v) is 4.59. The first kappa shape index (κ1) is 15.5. The minimum atomic E-state index is 0.503. The Bertz CT molecular complexity index is 427. The summed E-state index contributed by atoms with van der Waals surface area (Å²) >= 11 is 0. The van der Waals surface area contributed by atoms with Crippen LogP contribution in [0.3, 0.4) is 0 Å². The van der Waals surface area contributed by atoms with Gasteiger partial charge in [0.1, 0.15) is 0 Å². The lowest BCUT2D eigenvalue weighted by atomic mass is 9.95. The summed E-state index contributed by atoms with van der Waals surface area (Å²) in [6.07, 6.45) is 1.27. The lowest BCUT2D eigenvalue weighted by Gasteiger charge is -2.43. The fourth-order valence-corrected chi connectivity index (χ4v) is 3.45. The number of hydrogen-bond donors (Lipinski definition) is 1. The van der Waals surface area contributed by atoms with E-state index in [2.05, 4.69) is 69.1 Å². The SMILES string of the molecule is Cc1ccccc1C(C)N1CC(CC(C)C)NCC1C. The van der Waals surface area contributed by atoms with E-state index in [1.807, 2.05) is 0 Å². The van der Waals surface area contributed by atoms with Crippen LogP contribution in [0.4, 0.5) is 0 Å². The lowest BCUT2D eigenvalue weighted by molar-refractivity contribution is 0.0920. The summed E-state index contributed by atoms with van der Waals surface area (Å²) in [6, 6.07) is 10.6. The fourth-order valence-electron chi connectivity index (χ4n) is 3.45. The van der Waals surface area contributed by atoms with E-state index in [1.54, 1.807) is 0 Å². The maximum atomic E-state index is 3.71. The van der Waals surface area contributed by atoms with Crippen LogP contribution in [-0.2, 0) is 0 Å². The van der Waals surface area contributed by atoms with Gasteiger partial charge >= 0.3 is 0 Å². The summed E-state index contributed by atoms with van der Waals surface area (Å²) in [5.41, 5.74) is 2.88. The van der Waals surface area contributed by atoms with Crippen LogP contribution < -0.4 is 5.32 Å². The Morgan fingerprint density at radius 1 is 1.25 bits per heavy atom. The second-order valence-corrected chi connectivity index (χ2v) is 6.81. The smallest absolute Gasteiger partial charge is 0.0326 e. The molecule has 1 aliphatic rings. The summed E-state index contributed by atoms with van der Waals surface area (Å²) in [6.45, 7) is 13.8. The van der Waals surface area contributed by atoms with Crippen molar-refractivity contribution in [2.45, 2.75) is 59.2 Å². The first-order valence-electron chi connectivity index (χ1n) is 8.03. The van der Waals surface area contributed by atoms with Gasteiger partial charge < -0.3 is 5.32 Å². The van der Waals surface area contributed by atoms with Crippen LogP contribution in [0, 0.1) is 12.8 Å². The molecule has 3 atom stereocenters. The molecule has 1 N–H and O–H groups in total. The number of hydrogen-bond acceptors (Lipinski definition) is 2. The third-order valence-electron chi connectivity index (χ3n) is 4.59. The Balaban J connectivity index is 2.11. The Morgan fingerprint density at radius 2 is 1.95 bits per heavy atom. The molecule has 20 heavy (non-hydrogen) atoms. The predicted octanol–water partition coefficient (Wildman–Crippen LogP) is 3.76. The highest BCUT2D eigenvalue weighted by Gasteiger charge is 2.29. The minimum absolute atomic E-state index is 0.503. The predicted molar refractivity (Wildman–Crippen MR) is 87.0 cm³/mol. The monoisotopic (exact) mass is 274 g/mol. The highest BCUT2D eigenvalue weighted by atomic mass is 15.2. The quantitative estimate of drug-likeness (QED) is 0.899. The van der Waals surface area contributed by atoms with Crippen molar-refractivity contribution in [3.8, 4) is 0 Å². The van der Waals surface area contributed by atoms with E-state index in [9.17, 15) is 0 Å². The number of piperazine rings is 1. The number of rotatable bonds is 4. The highest BCUT2D eigenvalue weighted by molar-refractivity contribution is 5.28. The van der Waals surface area contributed by atoms with E-state index in [0.29, 0.717) is 18.1 Å². The zero-order valence-corrected chi connectivity index (χ0v) is 13.7. The van der Waals surface area contributed by atoms with Crippen LogP contribution >= 0.6 is 0 Å². The summed E-state index contributed by atoms with van der Waals surface area (Å²) in [5, 5.41) is 3.71. The molecule has 0 radical (unpaired) electrons. The molecule has 1 aromatic rings. The molecule has 0 saturated carbocycles. The van der Waals surface area contributed by atoms with Gasteiger partial charge in [-0.25, -0.2) is 0 Å². The van der Waals surface area contributed by atoms with Gasteiger partial charge in [0.2, 0.25) is 0 Å². The molecule has 112 valence electrons. The van der Waals surface area contributed by atoms with Crippen LogP contribution in [0.15, 0.2) is 24.3 Å². The Kier molecular flexibility index (Phi) is 5.22. The average molecular weight is 274 g/mol. The molecule has 0 aliphatic carbocycles. The molecule has 2 nitrogen and oxygen atoms in total. The minimum Gasteiger partial charge on any atom is -0.311 e. The maximum absolute atomic E-state index is 3.71. The molecule has 1 saturated heterocycles. The van der Waals surface area contributed by atoms with Gasteiger partial charge in [-0.15, -0.1) is 0 Å². The van der Waals surface area contributed by atoms with Gasteiger partial charge in [0.05, 0.1) is 0 Å². The topological polar surface area (TPSA) is 15.3 Å². The third kappa shape index (κ3) is 3.62. The molecule has 3 unspecified atom stereocenters. The van der Waals surface area contributed by atoms with Gasteiger partial charge in [0, 0.05) is 31.2 Å². The first-order valence-corrected chi connectivity index (χ1v) is 8.03. The van der Waals surface area contributed by atoms with Crippen molar-refractivity contribution < 1.29 is 0 Å². The van der Waals surface area contributed by atoms with Crippen LogP contribution in [0.1, 0.15) is 51.3 Å². The number of aryl methyl sites for hydroxylation is 1. The fraction of sp³-hybridized carbons (Fsp3) is 0.667. The molecule has 2 rings (SSSR count). The van der Waals surface area contributed by atoms with Gasteiger partial charge in [-0.2, -0.15) is 0 Å². The molecule has 2 heteroatoms. The zero-order valence-electron chi connectivity index (χ0n) is 13.7. The molecule has 1 fully saturated rings. The lowest BCUT2D eigenvalue weighted by Crippen LogP contribution is -2.56. The summed E-state index contributed by atoms with van der Waals surface area (Å²) in [4.78, 5) is 2.67. The standard InChI is InChI=1S/C18H30N2/c1-13(2)10-17-12-20(15(4)11-19-17)16(5)18-9-7-6-8-14(18)3/h6-9,13,15-17,19H,10-12H2,1-5H3. The molecular weight excluding hydrogens is 244 g/mol. The Morgan fingerprint density at radius 3 is 2.60 bits per heavy atom. The van der Waals surface area contributed by atoms with E-state index in [1.165, 1.54) is 17.5 Å². The van der Waals surface area contributed by atoms with E-state index in [0.717, 1.165) is 19.0 Å². The van der Waals surface area contributed by atoms with Crippen molar-refractivity contribution in [3.05, 3.63) is 35.4 Å². The van der Waals surface area contributed by atoms with Crippen molar-refractivity contribution in [2.75, 3.05) is 13.1 Å². The van der Waals surface area contributed by atoms with Crippen LogP contribution in [0.5, 0.6) is 0 Å². The van der Waals surface area contributed by atoms with Crippen molar-refractivity contribution in [1.29, 1.82) is 0 Å². The van der Waals surface area contributed by atoms with Crippen molar-refractivity contribution in [1.82, 2.24) is 10.2 Å². The van der Waals surface area contributed by atoms with Crippen LogP contribution in [0.25, 0.3) is 0 Å². The molecule has 1 aliphatic heterocycles. The molecule has 0 aromatic heterocycles. The van der Waals surface area contributed by atoms with E-state index in [4.69, 9.17) is 0 Å². The molecule has 0 amide bonds. The van der Waals surface area contributed by atoms with E-state index >= 15 is 0 Å². The largest absolute Gasteiger partial charge is 0.311 e. The number of nitrogens with zero attached hydrogens (tertiary/aromatic N) is 1. The molecule has 1 heterocycles. The summed E-state index contributed by atoms with van der Waals surface area (Å²) < 4.78 is 0. The second kappa shape index (κ2) is 6.73. The summed E-state index contributed by atoms with van der Waals surface area (Å²) in [7, 11) is 0. The van der Waals surface area contributed by atoms with Gasteiger partial charge in [-0.1, -0.05) is 38.1 Å². The van der Waals surface area contributed by atoms with Crippen LogP contribution in [0.2, 0.25) is 0 Å². The van der Waals surface area contributed by atoms with Crippen molar-refractivity contribution in [2.24, 2.45) is 5.92 Å². The maximum Gasteiger partial charge on any atom is 0.0326 e. The first-order chi connectivity index (χ1) is 9.49. The van der Waals surface area contributed by atoms with Crippen molar-refractivity contribution >= 4 is 0 Å². The number of benzene rings is 1. The van der Waals surface area contributed by atoms with Gasteiger partial charge in [0.25, 0.3) is 0 Å². The Hall–Kier alpha value is -0.860. The Labute approximate surface area is 124 Å². The summed E-state index contributed by atoms with van der Waals surface area (Å²) in [5.74, 6) is 0.761. The molecule has 0 bridgehead atoms. The van der Waals surface area contributed by atoms with Crippen LogP contribution in [-0.4, -0.2) is 30.1 Å². The molecule has 1 aromatic carbocycles. The molecular formula is C18H30N2. The second-order valence-electron chi connectivity index (χ2n) is 6.81. The normalized spacial score (nSPS) is 25.9. The highest BCUT2D eigenvalue weighted by Crippen LogP contribution is 2.27. The average Bonchev–Trinajstić information content (AvgIpc) is 2.40. The number of nitrogens with one attached hydrogen (secondary N) is 1. The van der Waals surface area contributed by atoms with E-state index < -0.39 is 0 Å². The molecule has 0 spiro atoms. The van der Waals surface area contributed by atoms with Gasteiger partial charge in [0.15, 0.2) is 0 Å².